The van der Waals surface area contributed by atoms with Gasteiger partial charge in [0.25, 0.3) is 5.91 Å². The van der Waals surface area contributed by atoms with Gasteiger partial charge in [-0.05, 0) is 54.3 Å². The zero-order chi connectivity index (χ0) is 30.8. The van der Waals surface area contributed by atoms with Crippen LogP contribution in [0, 0.1) is 0 Å². The fourth-order valence-corrected chi connectivity index (χ4v) is 5.03. The number of carbonyl (C=O) groups excluding carboxylic acids is 2. The van der Waals surface area contributed by atoms with Gasteiger partial charge in [-0.25, -0.2) is 14.6 Å². The van der Waals surface area contributed by atoms with Crippen molar-refractivity contribution in [1.82, 2.24) is 10.3 Å². The summed E-state index contributed by atoms with van der Waals surface area (Å²) in [4.78, 5) is 42.7. The number of nitrogens with zero attached hydrogens (tertiary/aromatic N) is 2. The third-order valence-corrected chi connectivity index (χ3v) is 7.27. The van der Waals surface area contributed by atoms with Gasteiger partial charge in [0.05, 0.1) is 29.3 Å². The topological polar surface area (TPSA) is 118 Å². The number of anilines is 1. The summed E-state index contributed by atoms with van der Waals surface area (Å²) in [5, 5.41) is 12.5. The molecule has 2 amide bonds. The van der Waals surface area contributed by atoms with Crippen molar-refractivity contribution in [3.8, 4) is 5.75 Å². The molecule has 3 aromatic rings. The first-order valence-electron chi connectivity index (χ1n) is 13.7. The lowest BCUT2D eigenvalue weighted by atomic mass is 10.0. The fourth-order valence-electron chi connectivity index (χ4n) is 4.46. The number of fused-ring (bicyclic) bond motifs is 1. The Balaban J connectivity index is 0.00000237. The van der Waals surface area contributed by atoms with Crippen LogP contribution in [-0.2, 0) is 22.4 Å². The van der Waals surface area contributed by atoms with Gasteiger partial charge in [-0.3, -0.25) is 9.69 Å². The monoisotopic (exact) mass is 615 g/mol. The van der Waals surface area contributed by atoms with Gasteiger partial charge >= 0.3 is 12.1 Å². The first-order chi connectivity index (χ1) is 20.2. The summed E-state index contributed by atoms with van der Waals surface area (Å²) < 4.78 is 10.8. The number of aryl methyl sites for hydroxylation is 1. The Hall–Kier alpha value is -3.82. The van der Waals surface area contributed by atoms with Gasteiger partial charge in [0.2, 0.25) is 0 Å². The average molecular weight is 617 g/mol. The van der Waals surface area contributed by atoms with E-state index in [0.29, 0.717) is 24.7 Å². The second-order valence-electron chi connectivity index (χ2n) is 9.46. The molecule has 0 saturated heterocycles. The number of pyridine rings is 1. The van der Waals surface area contributed by atoms with Crippen LogP contribution in [0.3, 0.4) is 0 Å². The van der Waals surface area contributed by atoms with Crippen LogP contribution in [-0.4, -0.2) is 54.4 Å². The van der Waals surface area contributed by atoms with Crippen molar-refractivity contribution in [2.75, 3.05) is 25.2 Å². The number of esters is 1. The molecule has 2 unspecified atom stereocenters. The van der Waals surface area contributed by atoms with Crippen LogP contribution in [0.2, 0.25) is 10.0 Å². The zero-order valence-corrected chi connectivity index (χ0v) is 25.5. The Morgan fingerprint density at radius 3 is 2.33 bits per heavy atom. The minimum absolute atomic E-state index is 0.0849. The number of methoxy groups -OCH3 is 1. The maximum absolute atomic E-state index is 12.8. The predicted octanol–water partition coefficient (Wildman–Crippen LogP) is 6.54. The molecule has 0 spiro atoms. The highest BCUT2D eigenvalue weighted by Crippen LogP contribution is 2.28. The molecular weight excluding hydrogens is 581 g/mol. The van der Waals surface area contributed by atoms with E-state index in [-0.39, 0.29) is 27.9 Å². The summed E-state index contributed by atoms with van der Waals surface area (Å²) in [5.74, 6) is -0.163. The zero-order valence-electron chi connectivity index (χ0n) is 24.0. The van der Waals surface area contributed by atoms with Crippen molar-refractivity contribution in [3.63, 3.8) is 0 Å². The van der Waals surface area contributed by atoms with Gasteiger partial charge in [0, 0.05) is 24.6 Å². The lowest BCUT2D eigenvalue weighted by Crippen LogP contribution is -2.43. The number of hydrogen-bond donors (Lipinski definition) is 2. The molecular formula is C31H35Cl2N3O6. The number of rotatable bonds is 9. The van der Waals surface area contributed by atoms with Crippen molar-refractivity contribution < 1.29 is 29.0 Å². The molecule has 2 heterocycles. The first-order valence-corrected chi connectivity index (χ1v) is 14.5. The average Bonchev–Trinajstić information content (AvgIpc) is 3.00. The number of hydrogen-bond acceptors (Lipinski definition) is 6. The molecule has 0 bridgehead atoms. The fraction of sp³-hybridized carbons (Fsp3) is 0.355. The van der Waals surface area contributed by atoms with Gasteiger partial charge < -0.3 is 19.9 Å². The molecule has 2 N–H and O–H groups in total. The van der Waals surface area contributed by atoms with E-state index in [9.17, 15) is 19.5 Å². The highest BCUT2D eigenvalue weighted by Gasteiger charge is 2.26. The molecule has 1 aliphatic rings. The minimum atomic E-state index is -1.00. The largest absolute Gasteiger partial charge is 0.493 e. The highest BCUT2D eigenvalue weighted by molar-refractivity contribution is 6.39. The lowest BCUT2D eigenvalue weighted by molar-refractivity contribution is -0.142. The van der Waals surface area contributed by atoms with Crippen LogP contribution in [0.15, 0.2) is 54.6 Å². The Morgan fingerprint density at radius 2 is 1.71 bits per heavy atom. The van der Waals surface area contributed by atoms with Crippen molar-refractivity contribution >= 4 is 47.0 Å². The summed E-state index contributed by atoms with van der Waals surface area (Å²) in [5.41, 5.74) is 2.53. The predicted molar refractivity (Wildman–Crippen MR) is 163 cm³/mol. The van der Waals surface area contributed by atoms with Gasteiger partial charge in [0.15, 0.2) is 0 Å². The van der Waals surface area contributed by atoms with Crippen molar-refractivity contribution in [1.29, 1.82) is 0 Å². The third kappa shape index (κ3) is 8.14. The standard InChI is InChI=1S/C29H29Cl2N3O6.C2H6/c1-17(23-13-10-19-5-4-14-34(29(37)38)26(19)32-23)16-40-20-11-8-18(9-12-20)15-24(28(36)39-2)33-27(35)25-21(30)6-3-7-22(25)31;1-2/h3,6-13,17,24H,4-5,14-16H2,1-2H3,(H,33,35)(H,37,38);1-2H3. The lowest BCUT2D eigenvalue weighted by Gasteiger charge is -2.26. The van der Waals surface area contributed by atoms with Gasteiger partial charge in [-0.15, -0.1) is 0 Å². The number of carboxylic acid groups (broad SMARTS) is 1. The Bertz CT molecular complexity index is 1380. The minimum Gasteiger partial charge on any atom is -0.493 e. The maximum atomic E-state index is 12.8. The smallest absolute Gasteiger partial charge is 0.413 e. The van der Waals surface area contributed by atoms with Crippen LogP contribution >= 0.6 is 23.2 Å². The SMILES string of the molecule is CC.COC(=O)C(Cc1ccc(OCC(C)c2ccc3c(n2)N(C(=O)O)CCC3)cc1)NC(=O)c1c(Cl)cccc1Cl. The first kappa shape index (κ1) is 32.7. The number of benzene rings is 2. The molecule has 0 fully saturated rings. The Kier molecular flexibility index (Phi) is 12.0. The summed E-state index contributed by atoms with van der Waals surface area (Å²) in [6.45, 7) is 6.73. The molecule has 42 heavy (non-hydrogen) atoms. The number of nitrogens with one attached hydrogen (secondary N) is 1. The molecule has 224 valence electrons. The molecule has 4 rings (SSSR count). The third-order valence-electron chi connectivity index (χ3n) is 6.64. The van der Waals surface area contributed by atoms with E-state index in [1.807, 2.05) is 32.9 Å². The number of halogens is 2. The molecule has 0 radical (unpaired) electrons. The summed E-state index contributed by atoms with van der Waals surface area (Å²) in [6, 6.07) is 14.7. The second-order valence-corrected chi connectivity index (χ2v) is 10.3. The molecule has 0 aliphatic carbocycles. The van der Waals surface area contributed by atoms with E-state index >= 15 is 0 Å². The van der Waals surface area contributed by atoms with Crippen LogP contribution in [0.4, 0.5) is 10.6 Å². The van der Waals surface area contributed by atoms with E-state index in [1.165, 1.54) is 12.0 Å². The maximum Gasteiger partial charge on any atom is 0.413 e. The highest BCUT2D eigenvalue weighted by atomic mass is 35.5. The van der Waals surface area contributed by atoms with E-state index in [2.05, 4.69) is 10.3 Å². The Labute approximate surface area is 255 Å². The van der Waals surface area contributed by atoms with Crippen LogP contribution < -0.4 is 15.0 Å². The van der Waals surface area contributed by atoms with E-state index in [1.54, 1.807) is 42.5 Å². The quantitative estimate of drug-likeness (QED) is 0.262. The molecule has 2 atom stereocenters. The van der Waals surface area contributed by atoms with Crippen LogP contribution in [0.5, 0.6) is 5.75 Å². The van der Waals surface area contributed by atoms with Crippen LogP contribution in [0.1, 0.15) is 60.3 Å². The van der Waals surface area contributed by atoms with Gasteiger partial charge in [-0.1, -0.05) is 68.2 Å². The van der Waals surface area contributed by atoms with Crippen molar-refractivity contribution in [2.24, 2.45) is 0 Å². The number of aromatic nitrogens is 1. The van der Waals surface area contributed by atoms with Crippen LogP contribution in [0.25, 0.3) is 0 Å². The summed E-state index contributed by atoms with van der Waals surface area (Å²) in [6.07, 6.45) is 0.752. The van der Waals surface area contributed by atoms with E-state index in [4.69, 9.17) is 32.7 Å². The van der Waals surface area contributed by atoms with Crippen molar-refractivity contribution in [3.05, 3.63) is 87.0 Å². The molecule has 9 nitrogen and oxygen atoms in total. The molecule has 0 saturated carbocycles. The molecule has 2 aromatic carbocycles. The van der Waals surface area contributed by atoms with Gasteiger partial charge in [0.1, 0.15) is 17.6 Å². The molecule has 11 heteroatoms. The molecule has 1 aromatic heterocycles. The Morgan fingerprint density at radius 1 is 1.05 bits per heavy atom. The number of carbonyl (C=O) groups is 3. The van der Waals surface area contributed by atoms with Crippen molar-refractivity contribution in [2.45, 2.75) is 52.0 Å². The number of amides is 2. The second kappa shape index (κ2) is 15.4. The molecule has 1 aliphatic heterocycles. The number of ether oxygens (including phenoxy) is 2. The van der Waals surface area contributed by atoms with Gasteiger partial charge in [-0.2, -0.15) is 0 Å². The van der Waals surface area contributed by atoms with E-state index < -0.39 is 24.0 Å². The normalized spacial score (nSPS) is 13.5. The summed E-state index contributed by atoms with van der Waals surface area (Å²) in [7, 11) is 1.25. The van der Waals surface area contributed by atoms with E-state index in [0.717, 1.165) is 29.7 Å². The summed E-state index contributed by atoms with van der Waals surface area (Å²) >= 11 is 12.3.